The Hall–Kier alpha value is -2.29. The summed E-state index contributed by atoms with van der Waals surface area (Å²) in [5.74, 6) is -0.817. The molecule has 2 unspecified atom stereocenters. The molecule has 0 heterocycles. The SMILES string of the molecule is CC/C=C\C/C=C\C/C=C\C/C=C\CCCCCCCCCCC(=O)OC(COC(=O)CCCCCCC/C=C\CCCCCCCCC)COP(=O)(O)OCC[N+](C)(C)C. The third-order valence-electron chi connectivity index (χ3n) is 10.3. The summed E-state index contributed by atoms with van der Waals surface area (Å²) in [6, 6.07) is 0. The molecule has 9 nitrogen and oxygen atoms in total. The highest BCUT2D eigenvalue weighted by Crippen LogP contribution is 2.43. The van der Waals surface area contributed by atoms with Crippen molar-refractivity contribution in [3.63, 3.8) is 0 Å². The Morgan fingerprint density at radius 2 is 0.934 bits per heavy atom. The molecule has 2 atom stereocenters. The normalized spacial score (nSPS) is 14.0. The van der Waals surface area contributed by atoms with Crippen LogP contribution in [0.15, 0.2) is 60.8 Å². The van der Waals surface area contributed by atoms with Gasteiger partial charge in [0.2, 0.25) is 0 Å². The number of ether oxygens (including phenoxy) is 2. The smallest absolute Gasteiger partial charge is 0.462 e. The minimum absolute atomic E-state index is 0.0265. The highest BCUT2D eigenvalue weighted by Gasteiger charge is 2.27. The lowest BCUT2D eigenvalue weighted by atomic mass is 10.1. The lowest BCUT2D eigenvalue weighted by Crippen LogP contribution is -2.37. The zero-order chi connectivity index (χ0) is 45.0. The molecule has 0 radical (unpaired) electrons. The predicted octanol–water partition coefficient (Wildman–Crippen LogP) is 14.4. The Labute approximate surface area is 375 Å². The van der Waals surface area contributed by atoms with Gasteiger partial charge in [-0.2, -0.15) is 0 Å². The van der Waals surface area contributed by atoms with E-state index in [0.717, 1.165) is 89.9 Å². The Morgan fingerprint density at radius 3 is 1.41 bits per heavy atom. The van der Waals surface area contributed by atoms with Gasteiger partial charge in [-0.1, -0.05) is 171 Å². The molecule has 0 saturated heterocycles. The lowest BCUT2D eigenvalue weighted by Gasteiger charge is -2.24. The summed E-state index contributed by atoms with van der Waals surface area (Å²) in [7, 11) is 1.46. The van der Waals surface area contributed by atoms with Crippen LogP contribution in [0.1, 0.15) is 200 Å². The molecule has 0 aromatic rings. The molecule has 354 valence electrons. The number of phosphoric ester groups is 1. The minimum atomic E-state index is -4.38. The summed E-state index contributed by atoms with van der Waals surface area (Å²) in [6.45, 7) is 4.29. The molecule has 61 heavy (non-hydrogen) atoms. The summed E-state index contributed by atoms with van der Waals surface area (Å²) < 4.78 is 34.4. The zero-order valence-corrected chi connectivity index (χ0v) is 40.8. The first-order valence-electron chi connectivity index (χ1n) is 24.5. The number of likely N-dealkylation sites (N-methyl/N-ethyl adjacent to an activating group) is 1. The van der Waals surface area contributed by atoms with E-state index < -0.39 is 26.5 Å². The van der Waals surface area contributed by atoms with Crippen LogP contribution in [0.4, 0.5) is 0 Å². The van der Waals surface area contributed by atoms with Gasteiger partial charge in [-0.15, -0.1) is 0 Å². The Kier molecular flexibility index (Phi) is 41.4. The van der Waals surface area contributed by atoms with Gasteiger partial charge in [0.25, 0.3) is 0 Å². The van der Waals surface area contributed by atoms with Gasteiger partial charge in [0, 0.05) is 12.8 Å². The van der Waals surface area contributed by atoms with Gasteiger partial charge in [-0.3, -0.25) is 18.6 Å². The van der Waals surface area contributed by atoms with E-state index in [-0.39, 0.29) is 32.0 Å². The number of carbonyl (C=O) groups is 2. The largest absolute Gasteiger partial charge is 0.472 e. The van der Waals surface area contributed by atoms with Crippen LogP contribution in [-0.2, 0) is 32.7 Å². The quantitative estimate of drug-likeness (QED) is 0.0212. The van der Waals surface area contributed by atoms with Crippen LogP contribution in [0.25, 0.3) is 0 Å². The van der Waals surface area contributed by atoms with E-state index in [0.29, 0.717) is 17.4 Å². The molecule has 0 saturated carbocycles. The fraction of sp³-hybridized carbons (Fsp3) is 0.765. The van der Waals surface area contributed by atoms with Gasteiger partial charge >= 0.3 is 19.8 Å². The van der Waals surface area contributed by atoms with Crippen LogP contribution < -0.4 is 0 Å². The van der Waals surface area contributed by atoms with Crippen LogP contribution in [-0.4, -0.2) is 74.9 Å². The fourth-order valence-corrected chi connectivity index (χ4v) is 7.21. The van der Waals surface area contributed by atoms with Crippen LogP contribution in [0.3, 0.4) is 0 Å². The number of allylic oxidation sites excluding steroid dienone is 10. The second-order valence-corrected chi connectivity index (χ2v) is 18.9. The molecule has 10 heteroatoms. The predicted molar refractivity (Wildman–Crippen MR) is 256 cm³/mol. The number of esters is 2. The van der Waals surface area contributed by atoms with Crippen molar-refractivity contribution in [2.45, 2.75) is 206 Å². The minimum Gasteiger partial charge on any atom is -0.462 e. The zero-order valence-electron chi connectivity index (χ0n) is 39.9. The number of phosphoric acid groups is 1. The first-order chi connectivity index (χ1) is 29.5. The van der Waals surface area contributed by atoms with Crippen LogP contribution >= 0.6 is 7.82 Å². The monoisotopic (exact) mass is 879 g/mol. The summed E-state index contributed by atoms with van der Waals surface area (Å²) in [4.78, 5) is 35.5. The number of carbonyl (C=O) groups excluding carboxylic acids is 2. The average molecular weight is 879 g/mol. The van der Waals surface area contributed by atoms with Gasteiger partial charge in [0.1, 0.15) is 19.8 Å². The van der Waals surface area contributed by atoms with Crippen molar-refractivity contribution in [1.82, 2.24) is 0 Å². The molecular formula is C51H93NO8P+. The van der Waals surface area contributed by atoms with E-state index in [1.54, 1.807) is 0 Å². The van der Waals surface area contributed by atoms with E-state index in [4.69, 9.17) is 18.5 Å². The maximum absolute atomic E-state index is 12.7. The summed E-state index contributed by atoms with van der Waals surface area (Å²) in [6.07, 6.45) is 52.6. The molecule has 0 rings (SSSR count). The van der Waals surface area contributed by atoms with Gasteiger partial charge < -0.3 is 18.9 Å². The van der Waals surface area contributed by atoms with Gasteiger partial charge in [0.05, 0.1) is 27.7 Å². The van der Waals surface area contributed by atoms with E-state index in [2.05, 4.69) is 74.6 Å². The molecule has 0 aromatic heterocycles. The van der Waals surface area contributed by atoms with E-state index >= 15 is 0 Å². The molecular weight excluding hydrogens is 786 g/mol. The molecule has 0 spiro atoms. The van der Waals surface area contributed by atoms with Crippen molar-refractivity contribution in [3.05, 3.63) is 60.8 Å². The van der Waals surface area contributed by atoms with Crippen molar-refractivity contribution in [1.29, 1.82) is 0 Å². The molecule has 0 aliphatic heterocycles. The second kappa shape index (κ2) is 43.0. The third kappa shape index (κ3) is 47.0. The van der Waals surface area contributed by atoms with Crippen molar-refractivity contribution < 1.29 is 42.1 Å². The number of quaternary nitrogens is 1. The third-order valence-corrected chi connectivity index (χ3v) is 11.3. The highest BCUT2D eigenvalue weighted by atomic mass is 31.2. The Balaban J connectivity index is 4.31. The van der Waals surface area contributed by atoms with Gasteiger partial charge in [-0.05, 0) is 77.0 Å². The number of hydrogen-bond acceptors (Lipinski definition) is 7. The van der Waals surface area contributed by atoms with Gasteiger partial charge in [-0.25, -0.2) is 4.57 Å². The van der Waals surface area contributed by atoms with Crippen LogP contribution in [0.5, 0.6) is 0 Å². The van der Waals surface area contributed by atoms with E-state index in [1.807, 2.05) is 21.1 Å². The molecule has 0 aliphatic carbocycles. The number of rotatable bonds is 44. The second-order valence-electron chi connectivity index (χ2n) is 17.5. The molecule has 0 aromatic carbocycles. The first-order valence-corrected chi connectivity index (χ1v) is 26.0. The lowest BCUT2D eigenvalue weighted by molar-refractivity contribution is -0.870. The van der Waals surface area contributed by atoms with E-state index in [9.17, 15) is 19.0 Å². The molecule has 0 bridgehead atoms. The summed E-state index contributed by atoms with van der Waals surface area (Å²) >= 11 is 0. The topological polar surface area (TPSA) is 108 Å². The first kappa shape index (κ1) is 58.7. The average Bonchev–Trinajstić information content (AvgIpc) is 3.21. The van der Waals surface area contributed by atoms with Gasteiger partial charge in [0.15, 0.2) is 6.10 Å². The maximum atomic E-state index is 12.7. The maximum Gasteiger partial charge on any atom is 0.472 e. The van der Waals surface area contributed by atoms with Crippen molar-refractivity contribution in [2.24, 2.45) is 0 Å². The highest BCUT2D eigenvalue weighted by molar-refractivity contribution is 7.47. The molecule has 0 aliphatic rings. The summed E-state index contributed by atoms with van der Waals surface area (Å²) in [5.41, 5.74) is 0. The van der Waals surface area contributed by atoms with Crippen LogP contribution in [0.2, 0.25) is 0 Å². The van der Waals surface area contributed by atoms with E-state index in [1.165, 1.54) is 77.0 Å². The standard InChI is InChI=1S/C51H92NO8P/c1-6-8-10-12-14-16-18-20-22-24-25-26-27-28-30-32-34-36-38-40-42-44-51(54)60-49(48-59-61(55,56)58-46-45-52(3,4)5)47-57-50(53)43-41-39-37-35-33-31-29-23-21-19-17-15-13-11-9-7-2/h8,10,14,16,20,22-23,25-26,29,49H,6-7,9,11-13,15,17-19,21,24,27-28,30-48H2,1-5H3/p+1/b10-8-,16-14-,22-20-,26-25-,29-23-. The van der Waals surface area contributed by atoms with Crippen LogP contribution in [0, 0.1) is 0 Å². The van der Waals surface area contributed by atoms with Crippen molar-refractivity contribution in [3.8, 4) is 0 Å². The molecule has 1 N–H and O–H groups in total. The number of nitrogens with zero attached hydrogens (tertiary/aromatic N) is 1. The van der Waals surface area contributed by atoms with Crippen molar-refractivity contribution >= 4 is 19.8 Å². The number of hydrogen-bond donors (Lipinski definition) is 1. The Bertz CT molecular complexity index is 1220. The number of unbranched alkanes of at least 4 members (excludes halogenated alkanes) is 20. The fourth-order valence-electron chi connectivity index (χ4n) is 6.47. The molecule has 0 amide bonds. The Morgan fingerprint density at radius 1 is 0.525 bits per heavy atom. The summed E-state index contributed by atoms with van der Waals surface area (Å²) in [5, 5.41) is 0. The van der Waals surface area contributed by atoms with Crippen molar-refractivity contribution in [2.75, 3.05) is 47.5 Å². The molecule has 0 fully saturated rings.